The van der Waals surface area contributed by atoms with Crippen LogP contribution in [0.1, 0.15) is 51.6 Å². The Bertz CT molecular complexity index is 431. The molecule has 0 saturated carbocycles. The number of hydrogen-bond acceptors (Lipinski definition) is 2. The van der Waals surface area contributed by atoms with E-state index in [4.69, 9.17) is 17.3 Å². The van der Waals surface area contributed by atoms with Crippen LogP contribution in [0.2, 0.25) is 5.02 Å². The fraction of sp³-hybridized carbons (Fsp3) is 0.588. The first kappa shape index (κ1) is 18.0. The number of amides is 1. The van der Waals surface area contributed by atoms with Gasteiger partial charge in [0.05, 0.1) is 6.04 Å². The summed E-state index contributed by atoms with van der Waals surface area (Å²) in [5, 5.41) is 3.81. The van der Waals surface area contributed by atoms with Gasteiger partial charge in [0.15, 0.2) is 0 Å². The molecular formula is C17H27ClN2O. The minimum atomic E-state index is 0.0345. The lowest BCUT2D eigenvalue weighted by Crippen LogP contribution is -2.31. The van der Waals surface area contributed by atoms with Gasteiger partial charge < -0.3 is 11.1 Å². The summed E-state index contributed by atoms with van der Waals surface area (Å²) in [6.45, 7) is 6.93. The highest BCUT2D eigenvalue weighted by atomic mass is 35.5. The van der Waals surface area contributed by atoms with Gasteiger partial charge in [0, 0.05) is 11.4 Å². The van der Waals surface area contributed by atoms with E-state index in [0.29, 0.717) is 23.9 Å². The van der Waals surface area contributed by atoms with Crippen molar-refractivity contribution in [1.82, 2.24) is 5.32 Å². The van der Waals surface area contributed by atoms with Crippen molar-refractivity contribution in [2.75, 3.05) is 6.54 Å². The zero-order valence-electron chi connectivity index (χ0n) is 13.2. The summed E-state index contributed by atoms with van der Waals surface area (Å²) in [7, 11) is 0. The number of nitrogens with one attached hydrogen (secondary N) is 1. The molecule has 0 saturated heterocycles. The number of halogens is 1. The second-order valence-electron chi connectivity index (χ2n) is 6.02. The lowest BCUT2D eigenvalue weighted by molar-refractivity contribution is -0.122. The van der Waals surface area contributed by atoms with Crippen LogP contribution in [0, 0.1) is 11.8 Å². The van der Waals surface area contributed by atoms with Gasteiger partial charge in [-0.1, -0.05) is 44.5 Å². The molecule has 0 aliphatic heterocycles. The van der Waals surface area contributed by atoms with E-state index in [1.807, 2.05) is 24.3 Å². The summed E-state index contributed by atoms with van der Waals surface area (Å²) in [6, 6.07) is 7.67. The van der Waals surface area contributed by atoms with Crippen molar-refractivity contribution in [3.63, 3.8) is 0 Å². The Morgan fingerprint density at radius 1 is 1.29 bits per heavy atom. The van der Waals surface area contributed by atoms with Gasteiger partial charge in [-0.2, -0.15) is 0 Å². The van der Waals surface area contributed by atoms with Crippen LogP contribution in [0.5, 0.6) is 0 Å². The van der Waals surface area contributed by atoms with Crippen molar-refractivity contribution >= 4 is 17.5 Å². The maximum absolute atomic E-state index is 12.2. The minimum absolute atomic E-state index is 0.0345. The first-order chi connectivity index (χ1) is 9.96. The molecule has 3 N–H and O–H groups in total. The van der Waals surface area contributed by atoms with Crippen molar-refractivity contribution in [2.24, 2.45) is 17.6 Å². The van der Waals surface area contributed by atoms with Crippen molar-refractivity contribution < 1.29 is 4.79 Å². The number of benzene rings is 1. The molecule has 21 heavy (non-hydrogen) atoms. The van der Waals surface area contributed by atoms with E-state index < -0.39 is 0 Å². The average molecular weight is 311 g/mol. The molecular weight excluding hydrogens is 284 g/mol. The van der Waals surface area contributed by atoms with Gasteiger partial charge in [-0.05, 0) is 48.9 Å². The van der Waals surface area contributed by atoms with E-state index in [-0.39, 0.29) is 17.9 Å². The first-order valence-corrected chi connectivity index (χ1v) is 8.08. The molecule has 1 aromatic carbocycles. The minimum Gasteiger partial charge on any atom is -0.349 e. The summed E-state index contributed by atoms with van der Waals surface area (Å²) < 4.78 is 0. The number of rotatable bonds is 8. The molecule has 0 aliphatic rings. The normalized spacial score (nSPS) is 14.0. The molecule has 0 spiro atoms. The molecule has 1 amide bonds. The van der Waals surface area contributed by atoms with E-state index in [2.05, 4.69) is 26.1 Å². The quantitative estimate of drug-likeness (QED) is 0.764. The summed E-state index contributed by atoms with van der Waals surface area (Å²) in [5.74, 6) is 0.894. The van der Waals surface area contributed by atoms with Crippen molar-refractivity contribution in [3.8, 4) is 0 Å². The molecule has 0 heterocycles. The average Bonchev–Trinajstić information content (AvgIpc) is 2.44. The Morgan fingerprint density at radius 2 is 1.90 bits per heavy atom. The predicted octanol–water partition coefficient (Wildman–Crippen LogP) is 3.92. The molecule has 1 aromatic rings. The van der Waals surface area contributed by atoms with Gasteiger partial charge >= 0.3 is 0 Å². The Hall–Kier alpha value is -1.06. The van der Waals surface area contributed by atoms with E-state index >= 15 is 0 Å². The van der Waals surface area contributed by atoms with E-state index in [1.54, 1.807) is 0 Å². The molecule has 1 rings (SSSR count). The molecule has 0 fully saturated rings. The fourth-order valence-corrected chi connectivity index (χ4v) is 2.69. The molecule has 0 aromatic heterocycles. The highest BCUT2D eigenvalue weighted by Gasteiger charge is 2.17. The van der Waals surface area contributed by atoms with Gasteiger partial charge in [0.25, 0.3) is 0 Å². The van der Waals surface area contributed by atoms with Gasteiger partial charge in [0.2, 0.25) is 5.91 Å². The van der Waals surface area contributed by atoms with Crippen molar-refractivity contribution in [3.05, 3.63) is 34.9 Å². The first-order valence-electron chi connectivity index (χ1n) is 7.71. The highest BCUT2D eigenvalue weighted by Crippen LogP contribution is 2.20. The number of carbonyl (C=O) groups excluding carboxylic acids is 1. The molecule has 0 aliphatic carbocycles. The van der Waals surface area contributed by atoms with Crippen LogP contribution in [0.15, 0.2) is 24.3 Å². The number of carbonyl (C=O) groups is 1. The SMILES string of the molecule is CCC(NC(=O)C[C@@H](CN)CC(C)C)c1ccc(Cl)cc1. The number of nitrogens with two attached hydrogens (primary N) is 1. The maximum Gasteiger partial charge on any atom is 0.220 e. The van der Waals surface area contributed by atoms with E-state index in [1.165, 1.54) is 0 Å². The number of hydrogen-bond donors (Lipinski definition) is 2. The predicted molar refractivity (Wildman–Crippen MR) is 89.2 cm³/mol. The highest BCUT2D eigenvalue weighted by molar-refractivity contribution is 6.30. The Balaban J connectivity index is 2.60. The van der Waals surface area contributed by atoms with Crippen LogP contribution in [-0.4, -0.2) is 12.5 Å². The summed E-state index contributed by atoms with van der Waals surface area (Å²) >= 11 is 5.90. The lowest BCUT2D eigenvalue weighted by atomic mass is 9.93. The second-order valence-corrected chi connectivity index (χ2v) is 6.45. The Morgan fingerprint density at radius 3 is 2.38 bits per heavy atom. The Labute approximate surface area is 133 Å². The molecule has 0 bridgehead atoms. The Kier molecular flexibility index (Phi) is 7.76. The molecule has 2 atom stereocenters. The van der Waals surface area contributed by atoms with E-state index in [9.17, 15) is 4.79 Å². The third-order valence-corrected chi connectivity index (χ3v) is 3.88. The standard InChI is InChI=1S/C17H27ClN2O/c1-4-16(14-5-7-15(18)8-6-14)20-17(21)10-13(11-19)9-12(2)3/h5-8,12-13,16H,4,9-11,19H2,1-3H3,(H,20,21)/t13-,16?/m0/s1. The third-order valence-electron chi connectivity index (χ3n) is 3.63. The second kappa shape index (κ2) is 9.06. The summed E-state index contributed by atoms with van der Waals surface area (Å²) in [4.78, 5) is 12.2. The monoisotopic (exact) mass is 310 g/mol. The van der Waals surface area contributed by atoms with Gasteiger partial charge in [-0.25, -0.2) is 0 Å². The third kappa shape index (κ3) is 6.49. The molecule has 1 unspecified atom stereocenters. The van der Waals surface area contributed by atoms with Crippen LogP contribution >= 0.6 is 11.6 Å². The van der Waals surface area contributed by atoms with Crippen LogP contribution in [0.25, 0.3) is 0 Å². The fourth-order valence-electron chi connectivity index (χ4n) is 2.56. The van der Waals surface area contributed by atoms with Crippen LogP contribution < -0.4 is 11.1 Å². The molecule has 3 nitrogen and oxygen atoms in total. The van der Waals surface area contributed by atoms with E-state index in [0.717, 1.165) is 18.4 Å². The van der Waals surface area contributed by atoms with Gasteiger partial charge in [0.1, 0.15) is 0 Å². The molecule has 0 radical (unpaired) electrons. The van der Waals surface area contributed by atoms with Crippen molar-refractivity contribution in [2.45, 2.75) is 46.1 Å². The van der Waals surface area contributed by atoms with Crippen LogP contribution in [-0.2, 0) is 4.79 Å². The zero-order chi connectivity index (χ0) is 15.8. The smallest absolute Gasteiger partial charge is 0.220 e. The van der Waals surface area contributed by atoms with Gasteiger partial charge in [-0.15, -0.1) is 0 Å². The van der Waals surface area contributed by atoms with Gasteiger partial charge in [-0.3, -0.25) is 4.79 Å². The topological polar surface area (TPSA) is 55.1 Å². The lowest BCUT2D eigenvalue weighted by Gasteiger charge is -2.21. The maximum atomic E-state index is 12.2. The van der Waals surface area contributed by atoms with Crippen molar-refractivity contribution in [1.29, 1.82) is 0 Å². The largest absolute Gasteiger partial charge is 0.349 e. The summed E-state index contributed by atoms with van der Waals surface area (Å²) in [6.07, 6.45) is 2.34. The molecule has 118 valence electrons. The van der Waals surface area contributed by atoms with Crippen LogP contribution in [0.3, 0.4) is 0 Å². The van der Waals surface area contributed by atoms with Crippen LogP contribution in [0.4, 0.5) is 0 Å². The zero-order valence-corrected chi connectivity index (χ0v) is 14.0. The summed E-state index contributed by atoms with van der Waals surface area (Å²) in [5.41, 5.74) is 6.85. The molecule has 4 heteroatoms.